The average molecular weight is 343 g/mol. The number of aromatic nitrogens is 1. The van der Waals surface area contributed by atoms with Gasteiger partial charge in [-0.1, -0.05) is 19.1 Å². The van der Waals surface area contributed by atoms with E-state index in [1.54, 1.807) is 12.1 Å². The fourth-order valence-electron chi connectivity index (χ4n) is 3.07. The van der Waals surface area contributed by atoms with Crippen molar-refractivity contribution in [2.75, 3.05) is 6.61 Å². The molecule has 1 saturated carbocycles. The largest absolute Gasteiger partial charge is 0.457 e. The molecule has 0 amide bonds. The third-order valence-corrected chi connectivity index (χ3v) is 4.89. The molecular formula is C20H22FNO3. The highest BCUT2D eigenvalue weighted by molar-refractivity contribution is 5.99. The van der Waals surface area contributed by atoms with Crippen LogP contribution in [-0.4, -0.2) is 22.9 Å². The second-order valence-corrected chi connectivity index (χ2v) is 6.85. The zero-order chi connectivity index (χ0) is 18.1. The summed E-state index contributed by atoms with van der Waals surface area (Å²) in [6.07, 6.45) is 0.846. The lowest BCUT2D eigenvalue weighted by atomic mass is 10.1. The zero-order valence-electron chi connectivity index (χ0n) is 14.7. The summed E-state index contributed by atoms with van der Waals surface area (Å²) in [4.78, 5) is 24.2. The maximum absolute atomic E-state index is 13.0. The quantitative estimate of drug-likeness (QED) is 0.594. The minimum absolute atomic E-state index is 0.0429. The Bertz CT molecular complexity index is 807. The van der Waals surface area contributed by atoms with Crippen molar-refractivity contribution in [1.29, 1.82) is 0 Å². The van der Waals surface area contributed by atoms with Crippen LogP contribution in [0.4, 0.5) is 4.39 Å². The molecule has 5 heteroatoms. The van der Waals surface area contributed by atoms with Crippen LogP contribution in [0.5, 0.6) is 0 Å². The van der Waals surface area contributed by atoms with Gasteiger partial charge in [0.05, 0.1) is 5.92 Å². The zero-order valence-corrected chi connectivity index (χ0v) is 14.7. The molecule has 0 saturated heterocycles. The van der Waals surface area contributed by atoms with Crippen molar-refractivity contribution in [2.45, 2.75) is 33.7 Å². The molecule has 1 aliphatic carbocycles. The van der Waals surface area contributed by atoms with Crippen LogP contribution in [0, 0.1) is 31.5 Å². The number of halogens is 1. The van der Waals surface area contributed by atoms with E-state index in [9.17, 15) is 14.0 Å². The van der Waals surface area contributed by atoms with E-state index >= 15 is 0 Å². The normalized spacial score (nSPS) is 18.9. The lowest BCUT2D eigenvalue weighted by molar-refractivity contribution is -0.144. The second kappa shape index (κ2) is 6.82. The summed E-state index contributed by atoms with van der Waals surface area (Å²) in [6, 6.07) is 8.12. The number of benzene rings is 1. The van der Waals surface area contributed by atoms with Gasteiger partial charge in [0.2, 0.25) is 5.78 Å². The number of hydrogen-bond acceptors (Lipinski definition) is 3. The van der Waals surface area contributed by atoms with E-state index in [4.69, 9.17) is 4.74 Å². The second-order valence-electron chi connectivity index (χ2n) is 6.85. The predicted octanol–water partition coefficient (Wildman–Crippen LogP) is 3.67. The molecule has 0 bridgehead atoms. The van der Waals surface area contributed by atoms with Crippen molar-refractivity contribution in [1.82, 2.24) is 4.57 Å². The molecule has 2 atom stereocenters. The van der Waals surface area contributed by atoms with Crippen LogP contribution in [0.2, 0.25) is 0 Å². The van der Waals surface area contributed by atoms with Crippen LogP contribution in [0.15, 0.2) is 30.3 Å². The number of ketones is 1. The van der Waals surface area contributed by atoms with Crippen LogP contribution in [0.1, 0.15) is 40.7 Å². The van der Waals surface area contributed by atoms with E-state index < -0.39 is 0 Å². The Balaban J connectivity index is 1.69. The van der Waals surface area contributed by atoms with Gasteiger partial charge < -0.3 is 9.30 Å². The summed E-state index contributed by atoms with van der Waals surface area (Å²) < 4.78 is 20.2. The molecule has 1 aromatic heterocycles. The Morgan fingerprint density at radius 2 is 1.88 bits per heavy atom. The van der Waals surface area contributed by atoms with Crippen molar-refractivity contribution in [2.24, 2.45) is 11.8 Å². The highest BCUT2D eigenvalue weighted by Gasteiger charge is 2.40. The molecule has 1 fully saturated rings. The molecule has 2 aromatic rings. The average Bonchev–Trinajstić information content (AvgIpc) is 3.25. The Labute approximate surface area is 146 Å². The van der Waals surface area contributed by atoms with Gasteiger partial charge in [-0.3, -0.25) is 9.59 Å². The number of carbonyl (C=O) groups is 2. The lowest BCUT2D eigenvalue weighted by Crippen LogP contribution is -2.16. The maximum atomic E-state index is 13.0. The number of esters is 1. The summed E-state index contributed by atoms with van der Waals surface area (Å²) in [5.74, 6) is -0.421. The van der Waals surface area contributed by atoms with Crippen molar-refractivity contribution in [3.8, 4) is 0 Å². The first kappa shape index (κ1) is 17.4. The molecule has 25 heavy (non-hydrogen) atoms. The topological polar surface area (TPSA) is 48.3 Å². The van der Waals surface area contributed by atoms with Crippen molar-refractivity contribution in [3.63, 3.8) is 0 Å². The van der Waals surface area contributed by atoms with Gasteiger partial charge in [-0.25, -0.2) is 4.39 Å². The monoisotopic (exact) mass is 343 g/mol. The third-order valence-electron chi connectivity index (χ3n) is 4.89. The fraction of sp³-hybridized carbons (Fsp3) is 0.400. The standard InChI is InChI=1S/C20H22FNO3/c1-12-8-17(12)20(24)25-11-19(23)18-9-13(2)22(14(18)3)10-15-4-6-16(21)7-5-15/h4-7,9,12,17H,8,10-11H2,1-3H3/t12-,17+/m1/s1. The summed E-state index contributed by atoms with van der Waals surface area (Å²) >= 11 is 0. The van der Waals surface area contributed by atoms with Crippen molar-refractivity contribution >= 4 is 11.8 Å². The van der Waals surface area contributed by atoms with Gasteiger partial charge in [0.1, 0.15) is 5.82 Å². The molecule has 132 valence electrons. The number of Topliss-reactive ketones (excluding diaryl/α,β-unsaturated/α-hetero) is 1. The number of aryl methyl sites for hydroxylation is 1. The van der Waals surface area contributed by atoms with E-state index in [-0.39, 0.29) is 30.1 Å². The minimum atomic E-state index is -0.277. The Kier molecular flexibility index (Phi) is 4.75. The van der Waals surface area contributed by atoms with Gasteiger partial charge in [0, 0.05) is 23.5 Å². The summed E-state index contributed by atoms with van der Waals surface area (Å²) in [7, 11) is 0. The van der Waals surface area contributed by atoms with Gasteiger partial charge in [0.25, 0.3) is 0 Å². The molecule has 0 aliphatic heterocycles. The number of ether oxygens (including phenoxy) is 1. The molecule has 1 aromatic carbocycles. The highest BCUT2D eigenvalue weighted by Crippen LogP contribution is 2.38. The minimum Gasteiger partial charge on any atom is -0.457 e. The predicted molar refractivity (Wildman–Crippen MR) is 92.0 cm³/mol. The number of hydrogen-bond donors (Lipinski definition) is 0. The van der Waals surface area contributed by atoms with E-state index in [2.05, 4.69) is 0 Å². The molecule has 0 N–H and O–H groups in total. The van der Waals surface area contributed by atoms with Crippen LogP contribution in [0.3, 0.4) is 0 Å². The van der Waals surface area contributed by atoms with Gasteiger partial charge in [0.15, 0.2) is 6.61 Å². The first-order valence-corrected chi connectivity index (χ1v) is 8.48. The highest BCUT2D eigenvalue weighted by atomic mass is 19.1. The summed E-state index contributed by atoms with van der Waals surface area (Å²) in [5, 5.41) is 0. The Hall–Kier alpha value is -2.43. The van der Waals surface area contributed by atoms with Gasteiger partial charge >= 0.3 is 5.97 Å². The number of carbonyl (C=O) groups excluding carboxylic acids is 2. The van der Waals surface area contributed by atoms with Crippen LogP contribution in [-0.2, 0) is 16.1 Å². The molecule has 0 unspecified atom stereocenters. The molecule has 1 heterocycles. The van der Waals surface area contributed by atoms with Gasteiger partial charge in [-0.2, -0.15) is 0 Å². The van der Waals surface area contributed by atoms with Crippen LogP contribution in [0.25, 0.3) is 0 Å². The van der Waals surface area contributed by atoms with E-state index in [1.807, 2.05) is 31.4 Å². The first-order valence-electron chi connectivity index (χ1n) is 8.48. The number of rotatable bonds is 6. The van der Waals surface area contributed by atoms with Crippen LogP contribution < -0.4 is 0 Å². The van der Waals surface area contributed by atoms with Gasteiger partial charge in [-0.15, -0.1) is 0 Å². The molecule has 3 rings (SSSR count). The third kappa shape index (κ3) is 3.81. The first-order chi connectivity index (χ1) is 11.9. The number of nitrogens with zero attached hydrogens (tertiary/aromatic N) is 1. The molecule has 1 aliphatic rings. The van der Waals surface area contributed by atoms with Crippen LogP contribution >= 0.6 is 0 Å². The van der Waals surface area contributed by atoms with Crippen molar-refractivity contribution < 1.29 is 18.7 Å². The van der Waals surface area contributed by atoms with Gasteiger partial charge in [-0.05, 0) is 49.9 Å². The molecule has 4 nitrogen and oxygen atoms in total. The Morgan fingerprint density at radius 3 is 2.48 bits per heavy atom. The Morgan fingerprint density at radius 1 is 1.24 bits per heavy atom. The lowest BCUT2D eigenvalue weighted by Gasteiger charge is -2.10. The molecule has 0 spiro atoms. The summed E-state index contributed by atoms with van der Waals surface area (Å²) in [5.41, 5.74) is 3.28. The van der Waals surface area contributed by atoms with E-state index in [1.165, 1.54) is 12.1 Å². The maximum Gasteiger partial charge on any atom is 0.309 e. The van der Waals surface area contributed by atoms with E-state index in [0.717, 1.165) is 23.4 Å². The fourth-order valence-corrected chi connectivity index (χ4v) is 3.07. The molecular weight excluding hydrogens is 321 g/mol. The smallest absolute Gasteiger partial charge is 0.309 e. The summed E-state index contributed by atoms with van der Waals surface area (Å²) in [6.45, 7) is 6.13. The molecule has 0 radical (unpaired) electrons. The van der Waals surface area contributed by atoms with Crippen molar-refractivity contribution in [3.05, 3.63) is 58.7 Å². The van der Waals surface area contributed by atoms with E-state index in [0.29, 0.717) is 18.0 Å². The SMILES string of the molecule is Cc1cc(C(=O)COC(=O)[C@H]2C[C@H]2C)c(C)n1Cc1ccc(F)cc1.